The molecular weight excluding hydrogens is 204 g/mol. The third-order valence-corrected chi connectivity index (χ3v) is 3.40. The summed E-state index contributed by atoms with van der Waals surface area (Å²) in [5.74, 6) is 0. The van der Waals surface area contributed by atoms with Crippen molar-refractivity contribution in [2.75, 3.05) is 19.2 Å². The molecule has 13 heavy (non-hydrogen) atoms. The van der Waals surface area contributed by atoms with Gasteiger partial charge in [-0.25, -0.2) is 0 Å². The molecule has 0 amide bonds. The van der Waals surface area contributed by atoms with E-state index in [1.54, 1.807) is 23.9 Å². The Kier molecular flexibility index (Phi) is 2.50. The normalized spacial score (nSPS) is 20.2. The summed E-state index contributed by atoms with van der Waals surface area (Å²) < 4.78 is 4.42. The van der Waals surface area contributed by atoms with Gasteiger partial charge in [0, 0.05) is 24.9 Å². The fourth-order valence-electron chi connectivity index (χ4n) is 1.28. The average Bonchev–Trinajstić information content (AvgIpc) is 2.63. The first kappa shape index (κ1) is 8.96. The van der Waals surface area contributed by atoms with Gasteiger partial charge in [-0.1, -0.05) is 23.9 Å². The lowest BCUT2D eigenvalue weighted by Crippen LogP contribution is -2.33. The van der Waals surface area contributed by atoms with Gasteiger partial charge in [0.1, 0.15) is 6.67 Å². The largest absolute Gasteiger partial charge is 0.306 e. The number of hydrogen-bond donors (Lipinski definition) is 2. The molecule has 2 heterocycles. The number of fused-ring (bicyclic) bond motifs is 1. The van der Waals surface area contributed by atoms with E-state index in [1.165, 1.54) is 5.70 Å². The van der Waals surface area contributed by atoms with Crippen LogP contribution in [0.5, 0.6) is 0 Å². The van der Waals surface area contributed by atoms with Crippen molar-refractivity contribution >= 4 is 23.9 Å². The molecule has 0 unspecified atom stereocenters. The minimum absolute atomic E-state index is 0.918. The van der Waals surface area contributed by atoms with Crippen molar-refractivity contribution in [2.24, 2.45) is 0 Å². The second kappa shape index (κ2) is 3.63. The van der Waals surface area contributed by atoms with Crippen molar-refractivity contribution in [3.8, 4) is 0 Å². The molecule has 2 N–H and O–H groups in total. The quantitative estimate of drug-likeness (QED) is 0.667. The molecule has 0 radical (unpaired) electrons. The van der Waals surface area contributed by atoms with Gasteiger partial charge in [0.25, 0.3) is 0 Å². The van der Waals surface area contributed by atoms with Crippen LogP contribution in [-0.2, 0) is 0 Å². The smallest absolute Gasteiger partial charge is 0.111 e. The summed E-state index contributed by atoms with van der Waals surface area (Å²) >= 11 is 3.45. The van der Waals surface area contributed by atoms with Gasteiger partial charge in [-0.15, -0.1) is 0 Å². The summed E-state index contributed by atoms with van der Waals surface area (Å²) in [6.45, 7) is 0.918. The zero-order valence-corrected chi connectivity index (χ0v) is 9.21. The maximum absolute atomic E-state index is 3.10. The molecule has 0 aliphatic carbocycles. The Morgan fingerprint density at radius 1 is 1.38 bits per heavy atom. The Morgan fingerprint density at radius 3 is 2.92 bits per heavy atom. The highest BCUT2D eigenvalue weighted by Gasteiger charge is 2.24. The van der Waals surface area contributed by atoms with Crippen LogP contribution in [0.2, 0.25) is 0 Å². The SMILES string of the molecule is CSN1C=C2NNC=C2N(SC)C1. The molecule has 2 aliphatic heterocycles. The van der Waals surface area contributed by atoms with E-state index in [9.17, 15) is 0 Å². The molecule has 0 spiro atoms. The molecule has 2 aliphatic rings. The average molecular weight is 216 g/mol. The van der Waals surface area contributed by atoms with Gasteiger partial charge >= 0.3 is 0 Å². The fraction of sp³-hybridized carbons (Fsp3) is 0.429. The van der Waals surface area contributed by atoms with Crippen molar-refractivity contribution in [1.29, 1.82) is 0 Å². The van der Waals surface area contributed by atoms with Crippen molar-refractivity contribution in [1.82, 2.24) is 19.5 Å². The predicted molar refractivity (Wildman–Crippen MR) is 58.0 cm³/mol. The molecule has 0 bridgehead atoms. The molecule has 0 fully saturated rings. The van der Waals surface area contributed by atoms with E-state index < -0.39 is 0 Å². The van der Waals surface area contributed by atoms with Crippen molar-refractivity contribution in [3.05, 3.63) is 23.8 Å². The molecule has 2 rings (SSSR count). The van der Waals surface area contributed by atoms with Crippen LogP contribution >= 0.6 is 23.9 Å². The molecular formula is C7H12N4S2. The molecule has 0 aromatic carbocycles. The van der Waals surface area contributed by atoms with E-state index in [0.29, 0.717) is 0 Å². The van der Waals surface area contributed by atoms with Crippen LogP contribution in [0.25, 0.3) is 0 Å². The topological polar surface area (TPSA) is 30.5 Å². The molecule has 4 nitrogen and oxygen atoms in total. The fourth-order valence-corrected chi connectivity index (χ4v) is 2.39. The lowest BCUT2D eigenvalue weighted by molar-refractivity contribution is 0.420. The van der Waals surface area contributed by atoms with E-state index in [2.05, 4.69) is 38.2 Å². The zero-order valence-electron chi connectivity index (χ0n) is 7.57. The van der Waals surface area contributed by atoms with Crippen LogP contribution in [0.4, 0.5) is 0 Å². The van der Waals surface area contributed by atoms with Crippen molar-refractivity contribution in [3.63, 3.8) is 0 Å². The second-order valence-corrected chi connectivity index (χ2v) is 4.28. The van der Waals surface area contributed by atoms with Crippen LogP contribution in [0.15, 0.2) is 23.8 Å². The summed E-state index contributed by atoms with van der Waals surface area (Å²) in [6, 6.07) is 0. The summed E-state index contributed by atoms with van der Waals surface area (Å²) in [7, 11) is 0. The van der Waals surface area contributed by atoms with Crippen LogP contribution in [0.1, 0.15) is 0 Å². The summed E-state index contributed by atoms with van der Waals surface area (Å²) in [5.41, 5.74) is 8.45. The number of nitrogens with one attached hydrogen (secondary N) is 2. The molecule has 0 aromatic rings. The minimum atomic E-state index is 0.918. The van der Waals surface area contributed by atoms with Crippen molar-refractivity contribution < 1.29 is 0 Å². The van der Waals surface area contributed by atoms with Crippen molar-refractivity contribution in [2.45, 2.75) is 0 Å². The predicted octanol–water partition coefficient (Wildman–Crippen LogP) is 0.908. The van der Waals surface area contributed by atoms with Gasteiger partial charge in [-0.05, 0) is 0 Å². The standard InChI is InChI=1S/C7H12N4S2/c1-12-10-4-6-7(3-8-9-6)11(5-10)13-2/h3-4,8-9H,5H2,1-2H3. The van der Waals surface area contributed by atoms with E-state index >= 15 is 0 Å². The summed E-state index contributed by atoms with van der Waals surface area (Å²) in [4.78, 5) is 0. The maximum Gasteiger partial charge on any atom is 0.111 e. The van der Waals surface area contributed by atoms with Gasteiger partial charge in [0.2, 0.25) is 0 Å². The zero-order chi connectivity index (χ0) is 9.26. The van der Waals surface area contributed by atoms with Gasteiger partial charge in [-0.3, -0.25) is 9.73 Å². The highest BCUT2D eigenvalue weighted by atomic mass is 32.2. The van der Waals surface area contributed by atoms with Crippen LogP contribution < -0.4 is 10.9 Å². The van der Waals surface area contributed by atoms with Crippen LogP contribution in [0.3, 0.4) is 0 Å². The Morgan fingerprint density at radius 2 is 2.23 bits per heavy atom. The Balaban J connectivity index is 2.23. The Hall–Kier alpha value is -0.620. The molecule has 0 saturated carbocycles. The molecule has 0 aromatic heterocycles. The first-order chi connectivity index (χ1) is 6.35. The van der Waals surface area contributed by atoms with Gasteiger partial charge < -0.3 is 9.73 Å². The van der Waals surface area contributed by atoms with E-state index in [-0.39, 0.29) is 0 Å². The summed E-state index contributed by atoms with van der Waals surface area (Å²) in [5, 5.41) is 0. The minimum Gasteiger partial charge on any atom is -0.306 e. The van der Waals surface area contributed by atoms with E-state index in [4.69, 9.17) is 0 Å². The third-order valence-electron chi connectivity index (χ3n) is 1.96. The number of hydrazine groups is 1. The lowest BCUT2D eigenvalue weighted by atomic mass is 10.3. The second-order valence-electron chi connectivity index (χ2n) is 2.64. The first-order valence-electron chi connectivity index (χ1n) is 3.91. The monoisotopic (exact) mass is 216 g/mol. The molecule has 0 atom stereocenters. The van der Waals surface area contributed by atoms with Crippen LogP contribution in [0, 0.1) is 0 Å². The van der Waals surface area contributed by atoms with Crippen LogP contribution in [-0.4, -0.2) is 27.8 Å². The van der Waals surface area contributed by atoms with Gasteiger partial charge in [0.05, 0.1) is 11.4 Å². The lowest BCUT2D eigenvalue weighted by Gasteiger charge is -2.33. The van der Waals surface area contributed by atoms with Gasteiger partial charge in [0.15, 0.2) is 0 Å². The number of hydrogen-bond acceptors (Lipinski definition) is 6. The number of nitrogens with zero attached hydrogens (tertiary/aromatic N) is 2. The highest BCUT2D eigenvalue weighted by molar-refractivity contribution is 7.97. The van der Waals surface area contributed by atoms with E-state index in [0.717, 1.165) is 12.4 Å². The third kappa shape index (κ3) is 1.55. The Labute approximate surface area is 86.6 Å². The highest BCUT2D eigenvalue weighted by Crippen LogP contribution is 2.29. The molecule has 72 valence electrons. The Bertz CT molecular complexity index is 263. The molecule has 0 saturated heterocycles. The number of rotatable bonds is 2. The summed E-state index contributed by atoms with van der Waals surface area (Å²) in [6.07, 6.45) is 8.26. The molecule has 6 heteroatoms. The van der Waals surface area contributed by atoms with E-state index in [1.807, 2.05) is 6.20 Å². The van der Waals surface area contributed by atoms with Gasteiger partial charge in [-0.2, -0.15) is 0 Å². The maximum atomic E-state index is 3.10. The first-order valence-corrected chi connectivity index (χ1v) is 6.28.